The first kappa shape index (κ1) is 24.8. The van der Waals surface area contributed by atoms with Gasteiger partial charge in [-0.1, -0.05) is 37.6 Å². The van der Waals surface area contributed by atoms with E-state index in [-0.39, 0.29) is 17.8 Å². The minimum absolute atomic E-state index is 0.0402. The lowest BCUT2D eigenvalue weighted by atomic mass is 9.93. The van der Waals surface area contributed by atoms with Crippen LogP contribution in [0.4, 0.5) is 4.39 Å². The summed E-state index contributed by atoms with van der Waals surface area (Å²) in [4.78, 5) is 19.9. The van der Waals surface area contributed by atoms with E-state index in [2.05, 4.69) is 6.92 Å². The van der Waals surface area contributed by atoms with Gasteiger partial charge in [-0.2, -0.15) is 0 Å². The predicted molar refractivity (Wildman–Crippen MR) is 136 cm³/mol. The molecule has 182 valence electrons. The fourth-order valence-electron chi connectivity index (χ4n) is 5.04. The zero-order valence-corrected chi connectivity index (χ0v) is 20.8. The molecular weight excluding hydrogens is 449 g/mol. The molecule has 1 aliphatic heterocycles. The third-order valence-electron chi connectivity index (χ3n) is 6.83. The van der Waals surface area contributed by atoms with Crippen LogP contribution in [0.15, 0.2) is 41.8 Å². The van der Waals surface area contributed by atoms with E-state index in [1.807, 2.05) is 35.4 Å². The summed E-state index contributed by atoms with van der Waals surface area (Å²) >= 11 is 1.54. The Morgan fingerprint density at radius 3 is 2.82 bits per heavy atom. The molecule has 1 aromatic heterocycles. The van der Waals surface area contributed by atoms with Crippen molar-refractivity contribution in [1.29, 1.82) is 0 Å². The fraction of sp³-hybridized carbons (Fsp3) is 0.481. The average molecular weight is 484 g/mol. The number of thiazole rings is 1. The molecule has 0 saturated carbocycles. The molecule has 2 aromatic carbocycles. The Morgan fingerprint density at radius 1 is 1.29 bits per heavy atom. The molecule has 7 heteroatoms. The van der Waals surface area contributed by atoms with Gasteiger partial charge in [0.05, 0.1) is 23.4 Å². The molecule has 0 spiro atoms. The summed E-state index contributed by atoms with van der Waals surface area (Å²) in [7, 11) is 0. The van der Waals surface area contributed by atoms with Gasteiger partial charge in [-0.3, -0.25) is 4.79 Å². The standard InChI is InChI=1S/C27H34FN3O2S/c1-3-14-27(2,33)15-6-10-22(29)26(32)31-16-7-11-24(31)25-30-23(17-34-25)20-12-13-21(28)19-9-5-4-8-18(19)20/h4-5,8-9,12-13,17,22,24,33H,3,6-7,10-11,14-16,29H2,1-2H3/t22-,24-,27-/m0/s1. The maximum absolute atomic E-state index is 14.3. The smallest absolute Gasteiger partial charge is 0.240 e. The Balaban J connectivity index is 1.46. The third kappa shape index (κ3) is 5.32. The summed E-state index contributed by atoms with van der Waals surface area (Å²) in [5, 5.41) is 14.7. The Labute approximate surface area is 204 Å². The number of fused-ring (bicyclic) bond motifs is 1. The number of halogens is 1. The molecule has 0 aliphatic carbocycles. The molecule has 4 rings (SSSR count). The molecule has 3 aromatic rings. The van der Waals surface area contributed by atoms with E-state index in [4.69, 9.17) is 10.7 Å². The molecule has 5 nitrogen and oxygen atoms in total. The second-order valence-corrected chi connectivity index (χ2v) is 10.5. The quantitative estimate of drug-likeness (QED) is 0.402. The minimum Gasteiger partial charge on any atom is -0.390 e. The van der Waals surface area contributed by atoms with Crippen LogP contribution in [0.25, 0.3) is 22.0 Å². The van der Waals surface area contributed by atoms with E-state index >= 15 is 0 Å². The number of nitrogens with two attached hydrogens (primary N) is 1. The van der Waals surface area contributed by atoms with Crippen LogP contribution in [0.2, 0.25) is 0 Å². The SMILES string of the molecule is CCC[C@](C)(O)CCC[C@H](N)C(=O)N1CCC[C@H]1c1nc(-c2ccc(F)c3ccccc23)cs1. The van der Waals surface area contributed by atoms with Gasteiger partial charge in [-0.05, 0) is 63.0 Å². The number of carbonyl (C=O) groups excluding carboxylic acids is 1. The van der Waals surface area contributed by atoms with Crippen molar-refractivity contribution < 1.29 is 14.3 Å². The van der Waals surface area contributed by atoms with Crippen LogP contribution in [-0.2, 0) is 4.79 Å². The van der Waals surface area contributed by atoms with Gasteiger partial charge in [0.1, 0.15) is 10.8 Å². The topological polar surface area (TPSA) is 79.5 Å². The Morgan fingerprint density at radius 2 is 2.06 bits per heavy atom. The van der Waals surface area contributed by atoms with Crippen LogP contribution in [0.5, 0.6) is 0 Å². The van der Waals surface area contributed by atoms with Crippen molar-refractivity contribution in [2.45, 2.75) is 76.5 Å². The molecule has 2 heterocycles. The molecule has 3 N–H and O–H groups in total. The monoisotopic (exact) mass is 483 g/mol. The molecule has 1 amide bonds. The lowest BCUT2D eigenvalue weighted by molar-refractivity contribution is -0.133. The van der Waals surface area contributed by atoms with Crippen LogP contribution in [0, 0.1) is 5.82 Å². The minimum atomic E-state index is -0.699. The van der Waals surface area contributed by atoms with E-state index in [1.54, 1.807) is 23.5 Å². The first-order valence-corrected chi connectivity index (χ1v) is 13.1. The van der Waals surface area contributed by atoms with Gasteiger partial charge in [0.2, 0.25) is 5.91 Å². The van der Waals surface area contributed by atoms with Gasteiger partial charge in [-0.25, -0.2) is 9.37 Å². The normalized spacial score (nSPS) is 18.9. The number of benzene rings is 2. The molecule has 0 radical (unpaired) electrons. The number of amides is 1. The summed E-state index contributed by atoms with van der Waals surface area (Å²) in [5.41, 5.74) is 7.29. The Hall–Kier alpha value is -2.35. The second-order valence-electron chi connectivity index (χ2n) is 9.65. The molecule has 1 saturated heterocycles. The summed E-state index contributed by atoms with van der Waals surface area (Å²) < 4.78 is 14.3. The molecule has 0 unspecified atom stereocenters. The second kappa shape index (κ2) is 10.5. The highest BCUT2D eigenvalue weighted by atomic mass is 32.1. The van der Waals surface area contributed by atoms with E-state index in [0.717, 1.165) is 53.8 Å². The maximum atomic E-state index is 14.3. The molecule has 0 bridgehead atoms. The van der Waals surface area contributed by atoms with Crippen molar-refractivity contribution in [3.8, 4) is 11.3 Å². The number of aromatic nitrogens is 1. The van der Waals surface area contributed by atoms with Crippen LogP contribution in [0.1, 0.15) is 69.8 Å². The van der Waals surface area contributed by atoms with E-state index < -0.39 is 11.6 Å². The lowest BCUT2D eigenvalue weighted by Crippen LogP contribution is -2.43. The van der Waals surface area contributed by atoms with Crippen molar-refractivity contribution in [2.75, 3.05) is 6.54 Å². The summed E-state index contributed by atoms with van der Waals surface area (Å²) in [6.45, 7) is 4.59. The molecule has 1 aliphatic rings. The lowest BCUT2D eigenvalue weighted by Gasteiger charge is -2.27. The largest absolute Gasteiger partial charge is 0.390 e. The highest BCUT2D eigenvalue weighted by Gasteiger charge is 2.34. The number of likely N-dealkylation sites (tertiary alicyclic amines) is 1. The number of carbonyl (C=O) groups is 1. The summed E-state index contributed by atoms with van der Waals surface area (Å²) in [6.07, 6.45) is 5.39. The van der Waals surface area contributed by atoms with E-state index in [1.165, 1.54) is 6.07 Å². The maximum Gasteiger partial charge on any atom is 0.240 e. The van der Waals surface area contributed by atoms with Crippen LogP contribution < -0.4 is 5.73 Å². The van der Waals surface area contributed by atoms with Gasteiger partial charge in [0, 0.05) is 22.9 Å². The molecular formula is C27H34FN3O2S. The number of hydrogen-bond acceptors (Lipinski definition) is 5. The average Bonchev–Trinajstić information content (AvgIpc) is 3.48. The van der Waals surface area contributed by atoms with Crippen molar-refractivity contribution in [3.63, 3.8) is 0 Å². The first-order chi connectivity index (χ1) is 16.3. The van der Waals surface area contributed by atoms with Crippen LogP contribution in [-0.4, -0.2) is 39.1 Å². The fourth-order valence-corrected chi connectivity index (χ4v) is 6.01. The Bertz CT molecular complexity index is 1150. The number of aliphatic hydroxyl groups is 1. The van der Waals surface area contributed by atoms with Crippen molar-refractivity contribution >= 4 is 28.0 Å². The molecule has 34 heavy (non-hydrogen) atoms. The van der Waals surface area contributed by atoms with Gasteiger partial charge in [-0.15, -0.1) is 11.3 Å². The van der Waals surface area contributed by atoms with Crippen molar-refractivity contribution in [1.82, 2.24) is 9.88 Å². The Kier molecular flexibility index (Phi) is 7.65. The highest BCUT2D eigenvalue weighted by molar-refractivity contribution is 7.10. The first-order valence-electron chi connectivity index (χ1n) is 12.2. The zero-order chi connectivity index (χ0) is 24.3. The number of nitrogens with zero attached hydrogens (tertiary/aromatic N) is 2. The molecule has 1 fully saturated rings. The highest BCUT2D eigenvalue weighted by Crippen LogP contribution is 2.38. The summed E-state index contributed by atoms with van der Waals surface area (Å²) in [6, 6.07) is 10.0. The number of rotatable bonds is 9. The van der Waals surface area contributed by atoms with E-state index in [9.17, 15) is 14.3 Å². The third-order valence-corrected chi connectivity index (χ3v) is 7.77. The van der Waals surface area contributed by atoms with Gasteiger partial charge < -0.3 is 15.7 Å². The number of hydrogen-bond donors (Lipinski definition) is 2. The summed E-state index contributed by atoms with van der Waals surface area (Å²) in [5.74, 6) is -0.283. The molecule has 3 atom stereocenters. The van der Waals surface area contributed by atoms with Gasteiger partial charge in [0.15, 0.2) is 0 Å². The van der Waals surface area contributed by atoms with Gasteiger partial charge >= 0.3 is 0 Å². The van der Waals surface area contributed by atoms with Crippen molar-refractivity contribution in [3.05, 3.63) is 52.6 Å². The van der Waals surface area contributed by atoms with Crippen molar-refractivity contribution in [2.24, 2.45) is 5.73 Å². The van der Waals surface area contributed by atoms with Crippen LogP contribution >= 0.6 is 11.3 Å². The van der Waals surface area contributed by atoms with Gasteiger partial charge in [0.25, 0.3) is 0 Å². The predicted octanol–water partition coefficient (Wildman–Crippen LogP) is 5.81. The van der Waals surface area contributed by atoms with Crippen LogP contribution in [0.3, 0.4) is 0 Å². The zero-order valence-electron chi connectivity index (χ0n) is 20.0. The van der Waals surface area contributed by atoms with E-state index in [0.29, 0.717) is 24.8 Å².